The monoisotopic (exact) mass is 420 g/mol. The second-order valence-corrected chi connectivity index (χ2v) is 8.75. The number of nitrogens with zero attached hydrogens (tertiary/aromatic N) is 1. The predicted molar refractivity (Wildman–Crippen MR) is 110 cm³/mol. The number of para-hydroxylation sites is 1. The fourth-order valence-corrected chi connectivity index (χ4v) is 4.49. The molecule has 8 heteroatoms. The van der Waals surface area contributed by atoms with Crippen LogP contribution in [-0.4, -0.2) is 34.1 Å². The average molecular weight is 421 g/mol. The topological polar surface area (TPSA) is 75.7 Å². The van der Waals surface area contributed by atoms with Crippen LogP contribution in [-0.2, 0) is 19.6 Å². The highest BCUT2D eigenvalue weighted by Crippen LogP contribution is 2.33. The van der Waals surface area contributed by atoms with Gasteiger partial charge in [0.2, 0.25) is 0 Å². The Kier molecular flexibility index (Phi) is 6.42. The summed E-state index contributed by atoms with van der Waals surface area (Å²) in [6, 6.07) is 10.8. The molecule has 0 unspecified atom stereocenters. The number of halogens is 1. The molecule has 1 heterocycles. The minimum absolute atomic E-state index is 0.0679. The summed E-state index contributed by atoms with van der Waals surface area (Å²) < 4.78 is 47.6. The third-order valence-electron chi connectivity index (χ3n) is 5.01. The van der Waals surface area contributed by atoms with Gasteiger partial charge in [-0.2, -0.15) is 0 Å². The van der Waals surface area contributed by atoms with Gasteiger partial charge < -0.3 is 9.64 Å². The summed E-state index contributed by atoms with van der Waals surface area (Å²) in [5, 5.41) is 0. The number of hydrogen-bond donors (Lipinski definition) is 1. The first kappa shape index (κ1) is 21.1. The first-order valence-corrected chi connectivity index (χ1v) is 11.1. The molecule has 2 aromatic rings. The van der Waals surface area contributed by atoms with E-state index in [0.717, 1.165) is 5.56 Å². The van der Waals surface area contributed by atoms with Crippen LogP contribution in [0.25, 0.3) is 0 Å². The van der Waals surface area contributed by atoms with Crippen LogP contribution in [0, 0.1) is 18.7 Å². The molecule has 0 atom stereocenters. The molecular formula is C21H25FN2O4S. The highest BCUT2D eigenvalue weighted by atomic mass is 32.2. The van der Waals surface area contributed by atoms with Gasteiger partial charge in [-0.1, -0.05) is 23.8 Å². The number of carbonyl (C=O) groups excluding carboxylic acids is 1. The lowest BCUT2D eigenvalue weighted by atomic mass is 9.96. The number of esters is 1. The Hall–Kier alpha value is -2.61. The lowest BCUT2D eigenvalue weighted by Gasteiger charge is -2.33. The normalized spacial score (nSPS) is 15.2. The number of carbonyl (C=O) groups is 1. The van der Waals surface area contributed by atoms with Gasteiger partial charge in [0.15, 0.2) is 0 Å². The highest BCUT2D eigenvalue weighted by molar-refractivity contribution is 7.92. The Labute approximate surface area is 170 Å². The summed E-state index contributed by atoms with van der Waals surface area (Å²) in [7, 11) is -3.94. The average Bonchev–Trinajstić information content (AvgIpc) is 2.70. The first-order chi connectivity index (χ1) is 13.8. The zero-order chi connectivity index (χ0) is 21.0. The minimum Gasteiger partial charge on any atom is -0.466 e. The number of anilines is 2. The molecule has 0 bridgehead atoms. The number of piperidine rings is 1. The lowest BCUT2D eigenvalue weighted by molar-refractivity contribution is -0.148. The van der Waals surface area contributed by atoms with Gasteiger partial charge in [-0.3, -0.25) is 9.52 Å². The standard InChI is InChI=1S/C21H25FN2O4S/c1-3-28-21(25)16-11-13-24(14-12-16)19-6-4-5-18(22)20(19)23-29(26,27)17-9-7-15(2)8-10-17/h4-10,16,23H,3,11-14H2,1-2H3. The van der Waals surface area contributed by atoms with E-state index >= 15 is 0 Å². The van der Waals surface area contributed by atoms with Gasteiger partial charge in [-0.25, -0.2) is 12.8 Å². The van der Waals surface area contributed by atoms with Gasteiger partial charge in [0, 0.05) is 13.1 Å². The summed E-state index contributed by atoms with van der Waals surface area (Å²) in [5.74, 6) is -1.05. The Bertz CT molecular complexity index is 969. The molecule has 0 aromatic heterocycles. The lowest BCUT2D eigenvalue weighted by Crippen LogP contribution is -2.37. The van der Waals surface area contributed by atoms with Crippen molar-refractivity contribution in [1.29, 1.82) is 0 Å². The molecule has 1 N–H and O–H groups in total. The van der Waals surface area contributed by atoms with Crippen molar-refractivity contribution in [2.75, 3.05) is 29.3 Å². The van der Waals surface area contributed by atoms with Crippen LogP contribution in [0.1, 0.15) is 25.3 Å². The predicted octanol–water partition coefficient (Wildman–Crippen LogP) is 3.71. The molecule has 1 aliphatic rings. The zero-order valence-corrected chi connectivity index (χ0v) is 17.3. The maximum absolute atomic E-state index is 14.6. The van der Waals surface area contributed by atoms with Crippen LogP contribution >= 0.6 is 0 Å². The molecule has 2 aromatic carbocycles. The van der Waals surface area contributed by atoms with Gasteiger partial charge in [-0.15, -0.1) is 0 Å². The molecule has 0 amide bonds. The van der Waals surface area contributed by atoms with Crippen LogP contribution in [0.3, 0.4) is 0 Å². The maximum atomic E-state index is 14.6. The van der Waals surface area contributed by atoms with E-state index in [4.69, 9.17) is 4.74 Å². The SMILES string of the molecule is CCOC(=O)C1CCN(c2cccc(F)c2NS(=O)(=O)c2ccc(C)cc2)CC1. The number of aryl methyl sites for hydroxylation is 1. The van der Waals surface area contributed by atoms with Crippen LogP contribution in [0.5, 0.6) is 0 Å². The minimum atomic E-state index is -3.94. The molecule has 29 heavy (non-hydrogen) atoms. The van der Waals surface area contributed by atoms with Crippen molar-refractivity contribution in [1.82, 2.24) is 0 Å². The summed E-state index contributed by atoms with van der Waals surface area (Å²) in [5.41, 5.74) is 1.31. The van der Waals surface area contributed by atoms with Crippen molar-refractivity contribution >= 4 is 27.4 Å². The second-order valence-electron chi connectivity index (χ2n) is 7.07. The summed E-state index contributed by atoms with van der Waals surface area (Å²) in [6.45, 7) is 4.98. The van der Waals surface area contributed by atoms with E-state index in [-0.39, 0.29) is 22.5 Å². The zero-order valence-electron chi connectivity index (χ0n) is 16.5. The van der Waals surface area contributed by atoms with Crippen molar-refractivity contribution in [2.45, 2.75) is 31.6 Å². The first-order valence-electron chi connectivity index (χ1n) is 9.61. The molecule has 0 radical (unpaired) electrons. The van der Waals surface area contributed by atoms with Gasteiger partial charge in [0.25, 0.3) is 10.0 Å². The van der Waals surface area contributed by atoms with Gasteiger partial charge in [-0.05, 0) is 51.0 Å². The fraction of sp³-hybridized carbons (Fsp3) is 0.381. The Balaban J connectivity index is 1.81. The largest absolute Gasteiger partial charge is 0.466 e. The molecule has 6 nitrogen and oxygen atoms in total. The molecule has 0 aliphatic carbocycles. The van der Waals surface area contributed by atoms with Crippen molar-refractivity contribution in [2.24, 2.45) is 5.92 Å². The van der Waals surface area contributed by atoms with Crippen LogP contribution in [0.4, 0.5) is 15.8 Å². The molecule has 0 saturated carbocycles. The van der Waals surface area contributed by atoms with E-state index in [2.05, 4.69) is 4.72 Å². The van der Waals surface area contributed by atoms with Gasteiger partial charge >= 0.3 is 5.97 Å². The Morgan fingerprint density at radius 2 is 1.83 bits per heavy atom. The third kappa shape index (κ3) is 4.87. The summed E-state index contributed by atoms with van der Waals surface area (Å²) in [6.07, 6.45) is 1.14. The van der Waals surface area contributed by atoms with E-state index in [1.807, 2.05) is 11.8 Å². The van der Waals surface area contributed by atoms with E-state index in [0.29, 0.717) is 38.2 Å². The van der Waals surface area contributed by atoms with Crippen molar-refractivity contribution in [3.8, 4) is 0 Å². The van der Waals surface area contributed by atoms with E-state index in [1.54, 1.807) is 31.2 Å². The van der Waals surface area contributed by atoms with E-state index < -0.39 is 15.8 Å². The Morgan fingerprint density at radius 3 is 2.45 bits per heavy atom. The van der Waals surface area contributed by atoms with Crippen LogP contribution in [0.15, 0.2) is 47.4 Å². The number of nitrogens with one attached hydrogen (secondary N) is 1. The molecule has 1 fully saturated rings. The number of sulfonamides is 1. The van der Waals surface area contributed by atoms with Crippen molar-refractivity contribution < 1.29 is 22.3 Å². The molecule has 0 spiro atoms. The highest BCUT2D eigenvalue weighted by Gasteiger charge is 2.28. The van der Waals surface area contributed by atoms with Crippen LogP contribution in [0.2, 0.25) is 0 Å². The van der Waals surface area contributed by atoms with Crippen molar-refractivity contribution in [3.05, 3.63) is 53.8 Å². The van der Waals surface area contributed by atoms with Gasteiger partial charge in [0.05, 0.1) is 23.1 Å². The number of rotatable bonds is 6. The van der Waals surface area contributed by atoms with E-state index in [1.165, 1.54) is 18.2 Å². The van der Waals surface area contributed by atoms with Gasteiger partial charge in [0.1, 0.15) is 11.5 Å². The number of hydrogen-bond acceptors (Lipinski definition) is 5. The maximum Gasteiger partial charge on any atom is 0.309 e. The van der Waals surface area contributed by atoms with Crippen LogP contribution < -0.4 is 9.62 Å². The molecular weight excluding hydrogens is 395 g/mol. The molecule has 3 rings (SSSR count). The second kappa shape index (κ2) is 8.82. The number of ether oxygens (including phenoxy) is 1. The quantitative estimate of drug-likeness (QED) is 0.721. The molecule has 1 saturated heterocycles. The van der Waals surface area contributed by atoms with E-state index in [9.17, 15) is 17.6 Å². The molecule has 156 valence electrons. The number of benzene rings is 2. The molecule has 1 aliphatic heterocycles. The summed E-state index contributed by atoms with van der Waals surface area (Å²) >= 11 is 0. The Morgan fingerprint density at radius 1 is 1.17 bits per heavy atom. The van der Waals surface area contributed by atoms with Crippen molar-refractivity contribution in [3.63, 3.8) is 0 Å². The smallest absolute Gasteiger partial charge is 0.309 e. The third-order valence-corrected chi connectivity index (χ3v) is 6.38. The summed E-state index contributed by atoms with van der Waals surface area (Å²) in [4.78, 5) is 13.9. The fourth-order valence-electron chi connectivity index (χ4n) is 3.40.